The van der Waals surface area contributed by atoms with Gasteiger partial charge in [0.05, 0.1) is 12.7 Å². The third-order valence-electron chi connectivity index (χ3n) is 5.50. The van der Waals surface area contributed by atoms with Gasteiger partial charge in [0.1, 0.15) is 11.9 Å². The molecule has 0 aliphatic carbocycles. The predicted octanol–water partition coefficient (Wildman–Crippen LogP) is 6.01. The summed E-state index contributed by atoms with van der Waals surface area (Å²) in [5.74, 6) is 0.760. The van der Waals surface area contributed by atoms with Gasteiger partial charge in [-0.2, -0.15) is 0 Å². The molecule has 3 aromatic carbocycles. The van der Waals surface area contributed by atoms with Crippen molar-refractivity contribution in [2.75, 3.05) is 19.8 Å². The van der Waals surface area contributed by atoms with Crippen LogP contribution < -0.4 is 4.74 Å². The summed E-state index contributed by atoms with van der Waals surface area (Å²) in [4.78, 5) is 2.28. The van der Waals surface area contributed by atoms with Crippen LogP contribution in [0.5, 0.6) is 5.75 Å². The second-order valence-electron chi connectivity index (χ2n) is 8.59. The second-order valence-corrected chi connectivity index (χ2v) is 8.59. The Balaban J connectivity index is 1.63. The summed E-state index contributed by atoms with van der Waals surface area (Å²) in [5, 5.41) is 11.1. The third kappa shape index (κ3) is 9.01. The van der Waals surface area contributed by atoms with Crippen LogP contribution in [0.25, 0.3) is 0 Å². The minimum atomic E-state index is -0.614. The van der Waals surface area contributed by atoms with Crippen molar-refractivity contribution in [3.8, 4) is 5.75 Å². The molecule has 33 heavy (non-hydrogen) atoms. The van der Waals surface area contributed by atoms with E-state index in [0.29, 0.717) is 13.2 Å². The highest BCUT2D eigenvalue weighted by molar-refractivity contribution is 5.30. The zero-order valence-electron chi connectivity index (χ0n) is 19.9. The molecule has 0 heterocycles. The summed E-state index contributed by atoms with van der Waals surface area (Å²) in [6.45, 7) is 7.57. The van der Waals surface area contributed by atoms with Crippen molar-refractivity contribution >= 4 is 0 Å². The van der Waals surface area contributed by atoms with Crippen LogP contribution in [0.2, 0.25) is 0 Å². The summed E-state index contributed by atoms with van der Waals surface area (Å²) in [6, 6.07) is 28.6. The van der Waals surface area contributed by atoms with Crippen LogP contribution in [0.3, 0.4) is 0 Å². The Morgan fingerprint density at radius 2 is 1.48 bits per heavy atom. The molecule has 0 saturated heterocycles. The van der Waals surface area contributed by atoms with Crippen LogP contribution in [0.1, 0.15) is 49.5 Å². The van der Waals surface area contributed by atoms with Gasteiger partial charge < -0.3 is 14.6 Å². The van der Waals surface area contributed by atoms with Crippen LogP contribution in [0.4, 0.5) is 0 Å². The van der Waals surface area contributed by atoms with Crippen molar-refractivity contribution < 1.29 is 14.6 Å². The number of ether oxygens (including phenoxy) is 2. The predicted molar refractivity (Wildman–Crippen MR) is 134 cm³/mol. The number of rotatable bonds is 14. The van der Waals surface area contributed by atoms with Crippen LogP contribution >= 0.6 is 0 Å². The Morgan fingerprint density at radius 3 is 2.09 bits per heavy atom. The SMILES string of the molecule is CCCCOCC(C)Oc1cccc([C@H](O)CN(Cc2ccccc2)Cc2ccccc2)c1. The molecule has 0 amide bonds. The molecule has 176 valence electrons. The van der Waals surface area contributed by atoms with Gasteiger partial charge in [-0.05, 0) is 42.2 Å². The molecule has 0 saturated carbocycles. The number of nitrogens with zero attached hydrogens (tertiary/aromatic N) is 1. The third-order valence-corrected chi connectivity index (χ3v) is 5.50. The quantitative estimate of drug-likeness (QED) is 0.308. The standard InChI is InChI=1S/C29H37NO3/c1-3-4-18-32-23-24(2)33-28-17-11-16-27(19-28)29(31)22-30(20-25-12-7-5-8-13-25)21-26-14-9-6-10-15-26/h5-17,19,24,29,31H,3-4,18,20-23H2,1-2H3/t24?,29-/m1/s1. The minimum Gasteiger partial charge on any atom is -0.488 e. The van der Waals surface area contributed by atoms with Gasteiger partial charge in [0.2, 0.25) is 0 Å². The molecule has 0 spiro atoms. The topological polar surface area (TPSA) is 41.9 Å². The zero-order valence-corrected chi connectivity index (χ0v) is 19.9. The van der Waals surface area contributed by atoms with Gasteiger partial charge in [0.25, 0.3) is 0 Å². The first kappa shape index (κ1) is 25.0. The fraction of sp³-hybridized carbons (Fsp3) is 0.379. The molecule has 4 nitrogen and oxygen atoms in total. The molecule has 1 N–H and O–H groups in total. The molecule has 3 rings (SSSR count). The normalized spacial score (nSPS) is 13.1. The molecule has 0 radical (unpaired) electrons. The van der Waals surface area contributed by atoms with E-state index in [4.69, 9.17) is 9.47 Å². The Hall–Kier alpha value is -2.66. The van der Waals surface area contributed by atoms with Gasteiger partial charge >= 0.3 is 0 Å². The van der Waals surface area contributed by atoms with Crippen molar-refractivity contribution in [1.82, 2.24) is 4.90 Å². The van der Waals surface area contributed by atoms with E-state index in [1.54, 1.807) is 0 Å². The highest BCUT2D eigenvalue weighted by atomic mass is 16.5. The minimum absolute atomic E-state index is 0.0399. The zero-order chi connectivity index (χ0) is 23.3. The number of unbranched alkanes of at least 4 members (excludes halogenated alkanes) is 1. The lowest BCUT2D eigenvalue weighted by atomic mass is 10.1. The maximum atomic E-state index is 11.1. The summed E-state index contributed by atoms with van der Waals surface area (Å²) in [5.41, 5.74) is 3.32. The fourth-order valence-corrected chi connectivity index (χ4v) is 3.78. The maximum Gasteiger partial charge on any atom is 0.120 e. The number of hydrogen-bond acceptors (Lipinski definition) is 4. The highest BCUT2D eigenvalue weighted by Gasteiger charge is 2.16. The summed E-state index contributed by atoms with van der Waals surface area (Å²) >= 11 is 0. The largest absolute Gasteiger partial charge is 0.488 e. The van der Waals surface area contributed by atoms with Crippen molar-refractivity contribution in [3.05, 3.63) is 102 Å². The molecular weight excluding hydrogens is 410 g/mol. The monoisotopic (exact) mass is 447 g/mol. The number of hydrogen-bond donors (Lipinski definition) is 1. The lowest BCUT2D eigenvalue weighted by Gasteiger charge is -2.26. The fourth-order valence-electron chi connectivity index (χ4n) is 3.78. The number of aliphatic hydroxyl groups excluding tert-OH is 1. The van der Waals surface area contributed by atoms with Crippen LogP contribution in [-0.4, -0.2) is 35.9 Å². The van der Waals surface area contributed by atoms with Gasteiger partial charge in [0, 0.05) is 26.2 Å². The van der Waals surface area contributed by atoms with Gasteiger partial charge in [-0.1, -0.05) is 86.1 Å². The van der Waals surface area contributed by atoms with E-state index in [2.05, 4.69) is 60.4 Å². The first-order valence-electron chi connectivity index (χ1n) is 12.0. The van der Waals surface area contributed by atoms with Crippen LogP contribution in [0, 0.1) is 0 Å². The maximum absolute atomic E-state index is 11.1. The van der Waals surface area contributed by atoms with E-state index in [9.17, 15) is 5.11 Å². The van der Waals surface area contributed by atoms with Crippen molar-refractivity contribution in [3.63, 3.8) is 0 Å². The summed E-state index contributed by atoms with van der Waals surface area (Å²) in [6.07, 6.45) is 1.54. The van der Waals surface area contributed by atoms with E-state index in [1.165, 1.54) is 11.1 Å². The molecule has 0 aliphatic rings. The summed E-state index contributed by atoms with van der Waals surface area (Å²) in [7, 11) is 0. The van der Waals surface area contributed by atoms with E-state index < -0.39 is 6.10 Å². The van der Waals surface area contributed by atoms with Crippen LogP contribution in [0.15, 0.2) is 84.9 Å². The first-order chi connectivity index (χ1) is 16.1. The van der Waals surface area contributed by atoms with E-state index in [1.807, 2.05) is 43.3 Å². The van der Waals surface area contributed by atoms with E-state index >= 15 is 0 Å². The Bertz CT molecular complexity index is 875. The Labute approximate surface area is 198 Å². The molecule has 0 aliphatic heterocycles. The van der Waals surface area contributed by atoms with Crippen LogP contribution in [-0.2, 0) is 17.8 Å². The smallest absolute Gasteiger partial charge is 0.120 e. The summed E-state index contributed by atoms with van der Waals surface area (Å²) < 4.78 is 11.7. The number of benzene rings is 3. The molecule has 2 atom stereocenters. The molecular formula is C29H37NO3. The lowest BCUT2D eigenvalue weighted by molar-refractivity contribution is 0.0568. The molecule has 3 aromatic rings. The van der Waals surface area contributed by atoms with E-state index in [-0.39, 0.29) is 6.10 Å². The van der Waals surface area contributed by atoms with Crippen molar-refractivity contribution in [2.45, 2.75) is 52.0 Å². The van der Waals surface area contributed by atoms with Gasteiger partial charge in [0.15, 0.2) is 0 Å². The Morgan fingerprint density at radius 1 is 0.848 bits per heavy atom. The highest BCUT2D eigenvalue weighted by Crippen LogP contribution is 2.23. The van der Waals surface area contributed by atoms with E-state index in [0.717, 1.165) is 43.9 Å². The second kappa shape index (κ2) is 13.8. The molecule has 0 fully saturated rings. The molecule has 1 unspecified atom stereocenters. The number of aliphatic hydroxyl groups is 1. The molecule has 0 bridgehead atoms. The average Bonchev–Trinajstić information content (AvgIpc) is 2.83. The van der Waals surface area contributed by atoms with Crippen molar-refractivity contribution in [1.29, 1.82) is 0 Å². The Kier molecular flexibility index (Phi) is 10.4. The van der Waals surface area contributed by atoms with Gasteiger partial charge in [-0.15, -0.1) is 0 Å². The first-order valence-corrected chi connectivity index (χ1v) is 12.0. The average molecular weight is 448 g/mol. The molecule has 0 aromatic heterocycles. The molecule has 4 heteroatoms. The van der Waals surface area contributed by atoms with Crippen molar-refractivity contribution in [2.24, 2.45) is 0 Å². The lowest BCUT2D eigenvalue weighted by Crippen LogP contribution is -2.28. The van der Waals surface area contributed by atoms with Gasteiger partial charge in [-0.25, -0.2) is 0 Å². The van der Waals surface area contributed by atoms with Gasteiger partial charge in [-0.3, -0.25) is 4.90 Å².